The fourth-order valence-corrected chi connectivity index (χ4v) is 3.60. The van der Waals surface area contributed by atoms with Crippen LogP contribution < -0.4 is 10.6 Å². The molecule has 0 radical (unpaired) electrons. The molecular weight excluding hydrogens is 430 g/mol. The fraction of sp³-hybridized carbons (Fsp3) is 0.593. The van der Waals surface area contributed by atoms with Crippen molar-refractivity contribution < 1.29 is 19.1 Å². The third kappa shape index (κ3) is 8.84. The van der Waals surface area contributed by atoms with Gasteiger partial charge >= 0.3 is 6.09 Å². The Morgan fingerprint density at radius 3 is 2.26 bits per heavy atom. The number of hydrogen-bond donors (Lipinski definition) is 2. The van der Waals surface area contributed by atoms with E-state index >= 15 is 0 Å². The molecule has 3 amide bonds. The highest BCUT2D eigenvalue weighted by Crippen LogP contribution is 2.26. The first-order chi connectivity index (χ1) is 15.8. The molecule has 34 heavy (non-hydrogen) atoms. The molecule has 2 N–H and O–H groups in total. The molecule has 0 aliphatic carbocycles. The predicted molar refractivity (Wildman–Crippen MR) is 137 cm³/mol. The quantitative estimate of drug-likeness (QED) is 0.469. The molecule has 0 spiro atoms. The molecule has 3 atom stereocenters. The fourth-order valence-electron chi connectivity index (χ4n) is 3.60. The second kappa shape index (κ2) is 13.2. The lowest BCUT2D eigenvalue weighted by Gasteiger charge is -2.36. The zero-order chi connectivity index (χ0) is 26.1. The van der Waals surface area contributed by atoms with E-state index in [1.54, 1.807) is 31.7 Å². The summed E-state index contributed by atoms with van der Waals surface area (Å²) in [6, 6.07) is 5.68. The maximum Gasteiger partial charge on any atom is 0.408 e. The lowest BCUT2D eigenvalue weighted by molar-refractivity contribution is -0.143. The van der Waals surface area contributed by atoms with Crippen LogP contribution in [0, 0.1) is 5.92 Å². The summed E-state index contributed by atoms with van der Waals surface area (Å²) in [6.07, 6.45) is 2.37. The van der Waals surface area contributed by atoms with Crippen LogP contribution in [0.2, 0.25) is 0 Å². The number of nitrogens with one attached hydrogen (secondary N) is 2. The second-order valence-corrected chi connectivity index (χ2v) is 9.98. The van der Waals surface area contributed by atoms with Crippen LogP contribution in [0.5, 0.6) is 0 Å². The van der Waals surface area contributed by atoms with E-state index in [-0.39, 0.29) is 23.8 Å². The summed E-state index contributed by atoms with van der Waals surface area (Å²) in [7, 11) is 0. The molecule has 0 aliphatic rings. The summed E-state index contributed by atoms with van der Waals surface area (Å²) in [4.78, 5) is 41.5. The molecule has 0 aromatic heterocycles. The minimum atomic E-state index is -0.846. The Balaban J connectivity index is 3.49. The van der Waals surface area contributed by atoms with Crippen molar-refractivity contribution in [3.63, 3.8) is 0 Å². The van der Waals surface area contributed by atoms with Gasteiger partial charge in [0.05, 0.1) is 0 Å². The Hall–Kier alpha value is -2.83. The van der Waals surface area contributed by atoms with Crippen LogP contribution in [0.15, 0.2) is 30.8 Å². The number of amides is 3. The number of ether oxygens (including phenoxy) is 1. The maximum atomic E-state index is 13.9. The van der Waals surface area contributed by atoms with Gasteiger partial charge in [0.1, 0.15) is 17.7 Å². The second-order valence-electron chi connectivity index (χ2n) is 9.98. The average molecular weight is 474 g/mol. The molecule has 0 fully saturated rings. The molecule has 0 saturated carbocycles. The number of carbonyl (C=O) groups is 3. The van der Waals surface area contributed by atoms with Gasteiger partial charge in [-0.2, -0.15) is 0 Å². The van der Waals surface area contributed by atoms with Gasteiger partial charge in [0.25, 0.3) is 0 Å². The zero-order valence-electron chi connectivity index (χ0n) is 22.1. The molecule has 0 saturated heterocycles. The minimum absolute atomic E-state index is 0.0959. The van der Waals surface area contributed by atoms with Crippen molar-refractivity contribution in [3.8, 4) is 0 Å². The molecule has 190 valence electrons. The molecule has 1 rings (SSSR count). The van der Waals surface area contributed by atoms with Crippen LogP contribution in [0.25, 0.3) is 6.08 Å². The van der Waals surface area contributed by atoms with Gasteiger partial charge in [-0.15, -0.1) is 0 Å². The van der Waals surface area contributed by atoms with Crippen LogP contribution in [-0.2, 0) is 14.3 Å². The predicted octanol–water partition coefficient (Wildman–Crippen LogP) is 5.07. The van der Waals surface area contributed by atoms with E-state index in [9.17, 15) is 14.4 Å². The summed E-state index contributed by atoms with van der Waals surface area (Å²) in [5.41, 5.74) is 0.854. The normalized spacial score (nSPS) is 14.0. The Morgan fingerprint density at radius 2 is 1.76 bits per heavy atom. The molecule has 0 bridgehead atoms. The molecule has 0 aliphatic heterocycles. The standard InChI is InChI=1S/C27H43N3O4/c1-10-16-30(25(32)22(19(6)11-2)29-26(33)34-27(7,8)9)23(24(31)28-18(4)5)21-15-13-14-20(12-3)17-21/h12-15,17-19,22-23H,3,10-11,16H2,1-2,4-9H3,(H,28,31)(H,29,33). The van der Waals surface area contributed by atoms with Crippen LogP contribution in [0.4, 0.5) is 4.79 Å². The van der Waals surface area contributed by atoms with Crippen LogP contribution in [0.1, 0.15) is 85.4 Å². The largest absolute Gasteiger partial charge is 0.444 e. The van der Waals surface area contributed by atoms with Crippen molar-refractivity contribution in [1.29, 1.82) is 0 Å². The maximum absolute atomic E-state index is 13.9. The van der Waals surface area contributed by atoms with E-state index in [1.807, 2.05) is 58.9 Å². The molecule has 7 nitrogen and oxygen atoms in total. The van der Waals surface area contributed by atoms with E-state index in [2.05, 4.69) is 17.2 Å². The minimum Gasteiger partial charge on any atom is -0.444 e. The first-order valence-electron chi connectivity index (χ1n) is 12.2. The summed E-state index contributed by atoms with van der Waals surface area (Å²) in [5.74, 6) is -0.735. The van der Waals surface area contributed by atoms with Gasteiger partial charge in [0.15, 0.2) is 0 Å². The summed E-state index contributed by atoms with van der Waals surface area (Å²) >= 11 is 0. The van der Waals surface area contributed by atoms with Gasteiger partial charge in [-0.25, -0.2) is 4.79 Å². The van der Waals surface area contributed by atoms with E-state index in [0.717, 1.165) is 5.56 Å². The van der Waals surface area contributed by atoms with Gasteiger partial charge in [0.2, 0.25) is 11.8 Å². The first kappa shape index (κ1) is 29.2. The Labute approximate surface area is 205 Å². The highest BCUT2D eigenvalue weighted by atomic mass is 16.6. The van der Waals surface area contributed by atoms with Crippen molar-refractivity contribution in [3.05, 3.63) is 42.0 Å². The van der Waals surface area contributed by atoms with Crippen LogP contribution >= 0.6 is 0 Å². The first-order valence-corrected chi connectivity index (χ1v) is 12.2. The molecule has 1 aromatic rings. The summed E-state index contributed by atoms with van der Waals surface area (Å²) in [6.45, 7) is 19.1. The third-order valence-electron chi connectivity index (χ3n) is 5.35. The Bertz CT molecular complexity index is 845. The van der Waals surface area contributed by atoms with Gasteiger partial charge in [0, 0.05) is 12.6 Å². The highest BCUT2D eigenvalue weighted by molar-refractivity contribution is 5.92. The van der Waals surface area contributed by atoms with E-state index < -0.39 is 23.8 Å². The van der Waals surface area contributed by atoms with E-state index in [1.165, 1.54) is 0 Å². The van der Waals surface area contributed by atoms with E-state index in [0.29, 0.717) is 24.9 Å². The smallest absolute Gasteiger partial charge is 0.408 e. The molecule has 1 aromatic carbocycles. The van der Waals surface area contributed by atoms with Gasteiger partial charge < -0.3 is 20.3 Å². The van der Waals surface area contributed by atoms with Gasteiger partial charge in [-0.05, 0) is 64.2 Å². The van der Waals surface area contributed by atoms with Gasteiger partial charge in [-0.1, -0.05) is 58.0 Å². The SMILES string of the molecule is C=Cc1cccc(C(C(=O)NC(C)C)N(CCC)C(=O)C(NC(=O)OC(C)(C)C)C(C)CC)c1. The Kier molecular flexibility index (Phi) is 11.3. The van der Waals surface area contributed by atoms with Crippen molar-refractivity contribution in [1.82, 2.24) is 15.5 Å². The number of rotatable bonds is 11. The summed E-state index contributed by atoms with van der Waals surface area (Å²) in [5, 5.41) is 5.73. The molecule has 3 unspecified atom stereocenters. The number of benzene rings is 1. The lowest BCUT2D eigenvalue weighted by atomic mass is 9.95. The van der Waals surface area contributed by atoms with Crippen molar-refractivity contribution >= 4 is 24.0 Å². The number of nitrogens with zero attached hydrogens (tertiary/aromatic N) is 1. The van der Waals surface area contributed by atoms with E-state index in [4.69, 9.17) is 4.74 Å². The zero-order valence-corrected chi connectivity index (χ0v) is 22.1. The summed E-state index contributed by atoms with van der Waals surface area (Å²) < 4.78 is 5.42. The lowest BCUT2D eigenvalue weighted by Crippen LogP contribution is -2.55. The topological polar surface area (TPSA) is 87.7 Å². The number of carbonyl (C=O) groups excluding carboxylic acids is 3. The molecule has 0 heterocycles. The Morgan fingerprint density at radius 1 is 1.12 bits per heavy atom. The third-order valence-corrected chi connectivity index (χ3v) is 5.35. The van der Waals surface area contributed by atoms with Crippen molar-refractivity contribution in [2.45, 2.75) is 92.0 Å². The monoisotopic (exact) mass is 473 g/mol. The van der Waals surface area contributed by atoms with Crippen LogP contribution in [-0.4, -0.2) is 47.0 Å². The van der Waals surface area contributed by atoms with Gasteiger partial charge in [-0.3, -0.25) is 9.59 Å². The number of alkyl carbamates (subject to hydrolysis) is 1. The van der Waals surface area contributed by atoms with Crippen molar-refractivity contribution in [2.75, 3.05) is 6.54 Å². The number of hydrogen-bond acceptors (Lipinski definition) is 4. The molecular formula is C27H43N3O4. The average Bonchev–Trinajstić information content (AvgIpc) is 2.74. The highest BCUT2D eigenvalue weighted by Gasteiger charge is 2.37. The van der Waals surface area contributed by atoms with Crippen molar-refractivity contribution in [2.24, 2.45) is 5.92 Å². The molecule has 7 heteroatoms. The van der Waals surface area contributed by atoms with Crippen LogP contribution in [0.3, 0.4) is 0 Å².